The first-order valence-corrected chi connectivity index (χ1v) is 16.4. The van der Waals surface area contributed by atoms with Crippen LogP contribution in [-0.2, 0) is 29.2 Å². The number of rotatable bonds is 8. The van der Waals surface area contributed by atoms with Gasteiger partial charge in [-0.2, -0.15) is 10.4 Å². The van der Waals surface area contributed by atoms with Crippen molar-refractivity contribution in [3.05, 3.63) is 51.3 Å². The number of nitrogens with one attached hydrogen (secondary N) is 3. The zero-order valence-electron chi connectivity index (χ0n) is 25.3. The molecule has 6 rings (SSSR count). The summed E-state index contributed by atoms with van der Waals surface area (Å²) in [5.74, 6) is 0.0234. The van der Waals surface area contributed by atoms with Crippen molar-refractivity contribution in [1.29, 1.82) is 5.26 Å². The Morgan fingerprint density at radius 2 is 2.00 bits per heavy atom. The number of aromatic nitrogens is 5. The topological polar surface area (TPSA) is 151 Å². The Morgan fingerprint density at radius 1 is 1.23 bits per heavy atom. The van der Waals surface area contributed by atoms with Crippen LogP contribution < -0.4 is 10.6 Å². The molecular formula is C30H26ClF3N8O3S2. The highest BCUT2D eigenvalue weighted by atomic mass is 35.5. The number of thioether (sulfide) groups is 1. The molecule has 0 saturated carbocycles. The molecule has 11 nitrogen and oxygen atoms in total. The van der Waals surface area contributed by atoms with Crippen LogP contribution in [0.15, 0.2) is 17.3 Å². The van der Waals surface area contributed by atoms with E-state index in [1.165, 1.54) is 17.8 Å². The highest BCUT2D eigenvalue weighted by Crippen LogP contribution is 2.49. The zero-order valence-corrected chi connectivity index (χ0v) is 27.7. The first-order chi connectivity index (χ1) is 22.4. The van der Waals surface area contributed by atoms with Crippen molar-refractivity contribution in [3.8, 4) is 17.2 Å². The van der Waals surface area contributed by atoms with Gasteiger partial charge in [0.2, 0.25) is 5.82 Å². The van der Waals surface area contributed by atoms with Gasteiger partial charge in [0.25, 0.3) is 6.43 Å². The molecule has 0 spiro atoms. The molecule has 4 heterocycles. The number of anilines is 2. The summed E-state index contributed by atoms with van der Waals surface area (Å²) >= 11 is 9.49. The van der Waals surface area contributed by atoms with Crippen LogP contribution in [0.5, 0.6) is 0 Å². The van der Waals surface area contributed by atoms with Gasteiger partial charge in [-0.05, 0) is 49.3 Å². The van der Waals surface area contributed by atoms with Crippen molar-refractivity contribution in [2.45, 2.75) is 64.6 Å². The number of H-pyrrole nitrogens is 1. The fraction of sp³-hybridized carbons (Fsp3) is 0.333. The lowest BCUT2D eigenvalue weighted by Gasteiger charge is -2.19. The number of halogens is 4. The number of hydrogen-bond donors (Lipinski definition) is 3. The monoisotopic (exact) mass is 702 g/mol. The van der Waals surface area contributed by atoms with Crippen LogP contribution in [0.2, 0.25) is 5.02 Å². The van der Waals surface area contributed by atoms with Gasteiger partial charge in [-0.15, -0.1) is 11.3 Å². The summed E-state index contributed by atoms with van der Waals surface area (Å²) in [6.45, 7) is 7.39. The van der Waals surface area contributed by atoms with E-state index in [-0.39, 0.29) is 51.3 Å². The molecule has 244 valence electrons. The van der Waals surface area contributed by atoms with Gasteiger partial charge < -0.3 is 14.8 Å². The average molecular weight is 703 g/mol. The molecule has 1 aliphatic rings. The summed E-state index contributed by atoms with van der Waals surface area (Å²) < 4.78 is 52.9. The number of nitriles is 1. The van der Waals surface area contributed by atoms with Crippen molar-refractivity contribution in [1.82, 2.24) is 25.1 Å². The summed E-state index contributed by atoms with van der Waals surface area (Å²) in [6, 6.07) is 4.95. The lowest BCUT2D eigenvalue weighted by Crippen LogP contribution is -2.27. The molecule has 5 aromatic rings. The molecular weight excluding hydrogens is 677 g/mol. The van der Waals surface area contributed by atoms with Crippen LogP contribution in [-0.4, -0.2) is 42.6 Å². The third-order valence-corrected chi connectivity index (χ3v) is 9.21. The SMILES string of the molecule is CCSc1nc(NCc2nc(C(F)F)n[nH]2)c2c3c(c(-c4ccc(F)c5sc(NC(=O)OC(C)(C)C)c(C#N)c45)c(Cl)c2n1)COC3. The molecule has 3 aromatic heterocycles. The zero-order chi connectivity index (χ0) is 33.6. The van der Waals surface area contributed by atoms with E-state index in [2.05, 4.69) is 36.9 Å². The molecule has 1 aliphatic heterocycles. The van der Waals surface area contributed by atoms with Gasteiger partial charge in [0.05, 0.1) is 45.9 Å². The molecule has 47 heavy (non-hydrogen) atoms. The predicted molar refractivity (Wildman–Crippen MR) is 173 cm³/mol. The largest absolute Gasteiger partial charge is 0.444 e. The van der Waals surface area contributed by atoms with Crippen molar-refractivity contribution < 1.29 is 27.4 Å². The first kappa shape index (κ1) is 32.8. The third kappa shape index (κ3) is 6.28. The summed E-state index contributed by atoms with van der Waals surface area (Å²) in [4.78, 5) is 25.9. The Labute approximate surface area is 279 Å². The van der Waals surface area contributed by atoms with E-state index in [0.717, 1.165) is 16.9 Å². The van der Waals surface area contributed by atoms with Gasteiger partial charge in [-0.25, -0.2) is 32.9 Å². The van der Waals surface area contributed by atoms with Crippen LogP contribution in [0, 0.1) is 17.1 Å². The molecule has 2 aromatic carbocycles. The van der Waals surface area contributed by atoms with Gasteiger partial charge in [0.15, 0.2) is 5.16 Å². The van der Waals surface area contributed by atoms with Gasteiger partial charge in [0.1, 0.15) is 34.1 Å². The van der Waals surface area contributed by atoms with Crippen molar-refractivity contribution in [3.63, 3.8) is 0 Å². The number of carbonyl (C=O) groups is 1. The molecule has 0 aliphatic carbocycles. The highest BCUT2D eigenvalue weighted by Gasteiger charge is 2.31. The van der Waals surface area contributed by atoms with Crippen molar-refractivity contribution in [2.75, 3.05) is 16.4 Å². The maximum absolute atomic E-state index is 15.3. The number of nitrogens with zero attached hydrogens (tertiary/aromatic N) is 5. The molecule has 0 saturated heterocycles. The Balaban J connectivity index is 1.54. The summed E-state index contributed by atoms with van der Waals surface area (Å²) in [5, 5.41) is 23.7. The minimum atomic E-state index is -2.82. The molecule has 0 atom stereocenters. The maximum atomic E-state index is 15.3. The Morgan fingerprint density at radius 3 is 2.68 bits per heavy atom. The quantitative estimate of drug-likeness (QED) is 0.106. The number of thiophene rings is 1. The second kappa shape index (κ2) is 12.8. The van der Waals surface area contributed by atoms with Crippen molar-refractivity contribution >= 4 is 72.6 Å². The van der Waals surface area contributed by atoms with Crippen molar-refractivity contribution in [2.24, 2.45) is 0 Å². The molecule has 3 N–H and O–H groups in total. The van der Waals surface area contributed by atoms with E-state index in [1.807, 2.05) is 6.92 Å². The van der Waals surface area contributed by atoms with E-state index in [1.54, 1.807) is 26.8 Å². The molecule has 0 bridgehead atoms. The normalized spacial score (nSPS) is 12.9. The summed E-state index contributed by atoms with van der Waals surface area (Å²) in [6.07, 6.45) is -3.61. The maximum Gasteiger partial charge on any atom is 0.412 e. The van der Waals surface area contributed by atoms with Gasteiger partial charge in [-0.3, -0.25) is 10.4 Å². The number of benzene rings is 2. The molecule has 1 amide bonds. The smallest absolute Gasteiger partial charge is 0.412 e. The number of alkyl halides is 2. The number of ether oxygens (including phenoxy) is 2. The molecule has 17 heteroatoms. The van der Waals surface area contributed by atoms with Crippen LogP contribution in [0.1, 0.15) is 62.5 Å². The number of fused-ring (bicyclic) bond motifs is 4. The number of carbonyl (C=O) groups excluding carboxylic acids is 1. The molecule has 0 fully saturated rings. The fourth-order valence-electron chi connectivity index (χ4n) is 5.24. The Bertz CT molecular complexity index is 2090. The summed E-state index contributed by atoms with van der Waals surface area (Å²) in [5.41, 5.74) is 2.01. The second-order valence-electron chi connectivity index (χ2n) is 11.3. The number of aromatic amines is 1. The summed E-state index contributed by atoms with van der Waals surface area (Å²) in [7, 11) is 0. The number of hydrogen-bond acceptors (Lipinski definition) is 11. The van der Waals surface area contributed by atoms with Crippen LogP contribution in [0.4, 0.5) is 28.8 Å². The van der Waals surface area contributed by atoms with Gasteiger partial charge in [0, 0.05) is 10.9 Å². The average Bonchev–Trinajstić information content (AvgIpc) is 3.75. The van der Waals surface area contributed by atoms with Crippen LogP contribution in [0.3, 0.4) is 0 Å². The molecule has 0 unspecified atom stereocenters. The van der Waals surface area contributed by atoms with Gasteiger partial charge in [-0.1, -0.05) is 36.4 Å². The van der Waals surface area contributed by atoms with E-state index in [0.29, 0.717) is 44.3 Å². The predicted octanol–water partition coefficient (Wildman–Crippen LogP) is 8.33. The van der Waals surface area contributed by atoms with Crippen LogP contribution in [0.25, 0.3) is 32.1 Å². The minimum absolute atomic E-state index is 0.00348. The Kier molecular flexibility index (Phi) is 8.92. The van der Waals surface area contributed by atoms with E-state index in [4.69, 9.17) is 26.1 Å². The number of amides is 1. The first-order valence-electron chi connectivity index (χ1n) is 14.2. The second-order valence-corrected chi connectivity index (χ2v) is 13.9. The van der Waals surface area contributed by atoms with E-state index in [9.17, 15) is 18.8 Å². The lowest BCUT2D eigenvalue weighted by molar-refractivity contribution is 0.0636. The molecule has 0 radical (unpaired) electrons. The van der Waals surface area contributed by atoms with Crippen LogP contribution >= 0.6 is 34.7 Å². The third-order valence-electron chi connectivity index (χ3n) is 7.00. The van der Waals surface area contributed by atoms with E-state index < -0.39 is 29.8 Å². The van der Waals surface area contributed by atoms with E-state index >= 15 is 4.39 Å². The standard InChI is InChI=1S/C30H26ClF3N8O3S2/c1-5-46-28-38-22-20(25(39-28)36-9-17-37-26(24(33)34)42-41-17)15-11-44-10-14(15)18(21(22)31)12-6-7-16(32)23-19(12)13(8-35)27(47-23)40-29(43)45-30(2,3)4/h6-7,24H,5,9-11H2,1-4H3,(H,40,43)(H,36,38,39)(H,37,41,42). The fourth-order valence-corrected chi connectivity index (χ4v) is 7.23. The highest BCUT2D eigenvalue weighted by molar-refractivity contribution is 7.99. The van der Waals surface area contributed by atoms with Gasteiger partial charge >= 0.3 is 6.09 Å². The lowest BCUT2D eigenvalue weighted by atomic mass is 9.91. The Hall–Kier alpha value is -4.17. The minimum Gasteiger partial charge on any atom is -0.444 e.